The molecule has 1 N–H and O–H groups in total. The van der Waals surface area contributed by atoms with Crippen LogP contribution in [-0.4, -0.2) is 31.0 Å². The van der Waals surface area contributed by atoms with Crippen molar-refractivity contribution in [1.82, 2.24) is 0 Å². The van der Waals surface area contributed by atoms with E-state index >= 15 is 0 Å². The molecule has 20 heavy (non-hydrogen) atoms. The van der Waals surface area contributed by atoms with Gasteiger partial charge in [0, 0.05) is 19.4 Å². The smallest absolute Gasteiger partial charge is 0.161 e. The Morgan fingerprint density at radius 3 is 2.70 bits per heavy atom. The number of rotatable bonds is 3. The molecule has 0 bridgehead atoms. The second-order valence-corrected chi connectivity index (χ2v) is 5.50. The fraction of sp³-hybridized carbons (Fsp3) is 0.625. The van der Waals surface area contributed by atoms with Crippen molar-refractivity contribution in [2.24, 2.45) is 0 Å². The molecule has 2 atom stereocenters. The van der Waals surface area contributed by atoms with Gasteiger partial charge >= 0.3 is 0 Å². The third-order valence-corrected chi connectivity index (χ3v) is 3.92. The molecule has 0 spiro atoms. The van der Waals surface area contributed by atoms with Crippen LogP contribution >= 0.6 is 0 Å². The molecule has 2 aliphatic rings. The summed E-state index contributed by atoms with van der Waals surface area (Å²) in [5, 5.41) is 10.4. The van der Waals surface area contributed by atoms with E-state index in [2.05, 4.69) is 0 Å². The summed E-state index contributed by atoms with van der Waals surface area (Å²) < 4.78 is 17.0. The third kappa shape index (κ3) is 3.25. The molecule has 3 rings (SSSR count). The van der Waals surface area contributed by atoms with Crippen molar-refractivity contribution in [2.75, 3.05) is 19.8 Å². The minimum Gasteiger partial charge on any atom is -0.490 e. The maximum absolute atomic E-state index is 10.4. The highest BCUT2D eigenvalue weighted by Gasteiger charge is 2.20. The summed E-state index contributed by atoms with van der Waals surface area (Å²) >= 11 is 0. The van der Waals surface area contributed by atoms with E-state index in [9.17, 15) is 5.11 Å². The monoisotopic (exact) mass is 278 g/mol. The number of aliphatic hydroxyl groups excluding tert-OH is 1. The average Bonchev–Trinajstić information content (AvgIpc) is 2.72. The van der Waals surface area contributed by atoms with Gasteiger partial charge in [0.25, 0.3) is 0 Å². The predicted molar refractivity (Wildman–Crippen MR) is 75.2 cm³/mol. The molecule has 0 saturated carbocycles. The van der Waals surface area contributed by atoms with E-state index in [0.29, 0.717) is 19.6 Å². The largest absolute Gasteiger partial charge is 0.490 e. The Kier molecular flexibility index (Phi) is 4.43. The lowest BCUT2D eigenvalue weighted by Gasteiger charge is -2.25. The molecule has 1 aromatic carbocycles. The first-order valence-corrected chi connectivity index (χ1v) is 7.52. The maximum Gasteiger partial charge on any atom is 0.161 e. The van der Waals surface area contributed by atoms with Gasteiger partial charge in [0.2, 0.25) is 0 Å². The van der Waals surface area contributed by atoms with Crippen LogP contribution in [0.4, 0.5) is 0 Å². The first-order chi connectivity index (χ1) is 9.83. The summed E-state index contributed by atoms with van der Waals surface area (Å²) in [5.74, 6) is 1.51. The van der Waals surface area contributed by atoms with Gasteiger partial charge in [-0.3, -0.25) is 0 Å². The Hall–Kier alpha value is -1.26. The predicted octanol–water partition coefficient (Wildman–Crippen LogP) is 2.84. The van der Waals surface area contributed by atoms with Gasteiger partial charge in [-0.2, -0.15) is 0 Å². The van der Waals surface area contributed by atoms with Crippen LogP contribution in [0.15, 0.2) is 18.2 Å². The van der Waals surface area contributed by atoms with Crippen molar-refractivity contribution in [3.8, 4) is 11.5 Å². The summed E-state index contributed by atoms with van der Waals surface area (Å²) in [4.78, 5) is 0. The molecule has 0 aromatic heterocycles. The summed E-state index contributed by atoms with van der Waals surface area (Å²) in [6, 6.07) is 5.70. The maximum atomic E-state index is 10.4. The van der Waals surface area contributed by atoms with Crippen LogP contribution in [0.1, 0.15) is 43.8 Å². The highest BCUT2D eigenvalue weighted by Crippen LogP contribution is 2.34. The summed E-state index contributed by atoms with van der Waals surface area (Å²) in [6.45, 7) is 2.17. The number of benzene rings is 1. The van der Waals surface area contributed by atoms with Gasteiger partial charge in [-0.25, -0.2) is 0 Å². The summed E-state index contributed by atoms with van der Waals surface area (Å²) in [5.41, 5.74) is 0.878. The van der Waals surface area contributed by atoms with Gasteiger partial charge in [0.15, 0.2) is 11.5 Å². The SMILES string of the molecule is OC(CC1CCCCO1)c1ccc2c(c1)OCCCO2. The standard InChI is InChI=1S/C16H22O4/c17-14(11-13-4-1-2-7-18-13)12-5-6-15-16(10-12)20-9-3-8-19-15/h5-6,10,13-14,17H,1-4,7-9,11H2. The molecule has 4 nitrogen and oxygen atoms in total. The molecular weight excluding hydrogens is 256 g/mol. The van der Waals surface area contributed by atoms with Gasteiger partial charge < -0.3 is 19.3 Å². The molecule has 2 heterocycles. The van der Waals surface area contributed by atoms with Gasteiger partial charge in [-0.05, 0) is 37.0 Å². The number of aliphatic hydroxyl groups is 1. The van der Waals surface area contributed by atoms with Crippen molar-refractivity contribution in [3.05, 3.63) is 23.8 Å². The summed E-state index contributed by atoms with van der Waals surface area (Å²) in [7, 11) is 0. The van der Waals surface area contributed by atoms with Crippen LogP contribution in [0.2, 0.25) is 0 Å². The first-order valence-electron chi connectivity index (χ1n) is 7.52. The lowest BCUT2D eigenvalue weighted by Crippen LogP contribution is -2.21. The van der Waals surface area contributed by atoms with Crippen LogP contribution in [0.5, 0.6) is 11.5 Å². The molecule has 2 unspecified atom stereocenters. The van der Waals surface area contributed by atoms with Crippen molar-refractivity contribution in [3.63, 3.8) is 0 Å². The topological polar surface area (TPSA) is 47.9 Å². The third-order valence-electron chi connectivity index (χ3n) is 3.92. The molecule has 4 heteroatoms. The Morgan fingerprint density at radius 1 is 1.05 bits per heavy atom. The lowest BCUT2D eigenvalue weighted by molar-refractivity contribution is -0.0155. The highest BCUT2D eigenvalue weighted by atomic mass is 16.5. The van der Waals surface area contributed by atoms with E-state index in [1.165, 1.54) is 6.42 Å². The number of fused-ring (bicyclic) bond motifs is 1. The van der Waals surface area contributed by atoms with Crippen molar-refractivity contribution in [1.29, 1.82) is 0 Å². The quantitative estimate of drug-likeness (QED) is 0.923. The van der Waals surface area contributed by atoms with E-state index in [4.69, 9.17) is 14.2 Å². The molecule has 1 saturated heterocycles. The van der Waals surface area contributed by atoms with Gasteiger partial charge in [-0.15, -0.1) is 0 Å². The Morgan fingerprint density at radius 2 is 1.90 bits per heavy atom. The van der Waals surface area contributed by atoms with Gasteiger partial charge in [0.1, 0.15) is 0 Å². The van der Waals surface area contributed by atoms with Gasteiger partial charge in [-0.1, -0.05) is 6.07 Å². The second-order valence-electron chi connectivity index (χ2n) is 5.50. The molecule has 1 fully saturated rings. The van der Waals surface area contributed by atoms with E-state index in [1.807, 2.05) is 18.2 Å². The van der Waals surface area contributed by atoms with Crippen molar-refractivity contribution < 1.29 is 19.3 Å². The zero-order valence-electron chi connectivity index (χ0n) is 11.7. The lowest BCUT2D eigenvalue weighted by atomic mass is 9.98. The van der Waals surface area contributed by atoms with E-state index in [0.717, 1.165) is 42.9 Å². The van der Waals surface area contributed by atoms with E-state index in [-0.39, 0.29) is 6.10 Å². The number of hydrogen-bond donors (Lipinski definition) is 1. The normalized spacial score (nSPS) is 23.9. The van der Waals surface area contributed by atoms with E-state index in [1.54, 1.807) is 0 Å². The van der Waals surface area contributed by atoms with Crippen LogP contribution in [0, 0.1) is 0 Å². The molecular formula is C16H22O4. The Bertz CT molecular complexity index is 440. The zero-order valence-corrected chi connectivity index (χ0v) is 11.7. The molecule has 0 amide bonds. The first kappa shape index (κ1) is 13.7. The van der Waals surface area contributed by atoms with Crippen LogP contribution < -0.4 is 9.47 Å². The fourth-order valence-corrected chi connectivity index (χ4v) is 2.77. The van der Waals surface area contributed by atoms with Crippen LogP contribution in [0.3, 0.4) is 0 Å². The van der Waals surface area contributed by atoms with Crippen molar-refractivity contribution in [2.45, 2.75) is 44.3 Å². The highest BCUT2D eigenvalue weighted by molar-refractivity contribution is 5.44. The average molecular weight is 278 g/mol. The zero-order chi connectivity index (χ0) is 13.8. The van der Waals surface area contributed by atoms with Crippen molar-refractivity contribution >= 4 is 0 Å². The summed E-state index contributed by atoms with van der Waals surface area (Å²) in [6.07, 6.45) is 4.59. The Balaban J connectivity index is 1.67. The molecule has 1 aromatic rings. The van der Waals surface area contributed by atoms with Gasteiger partial charge in [0.05, 0.1) is 25.4 Å². The fourth-order valence-electron chi connectivity index (χ4n) is 2.77. The van der Waals surface area contributed by atoms with Crippen LogP contribution in [0.25, 0.3) is 0 Å². The molecule has 0 radical (unpaired) electrons. The molecule has 0 aliphatic carbocycles. The number of hydrogen-bond acceptors (Lipinski definition) is 4. The molecule has 110 valence electrons. The second kappa shape index (κ2) is 6.46. The minimum atomic E-state index is -0.504. The van der Waals surface area contributed by atoms with Crippen LogP contribution in [-0.2, 0) is 4.74 Å². The van der Waals surface area contributed by atoms with E-state index < -0.39 is 6.10 Å². The molecule has 2 aliphatic heterocycles. The number of ether oxygens (including phenoxy) is 3. The Labute approximate surface area is 119 Å². The minimum absolute atomic E-state index is 0.176.